The van der Waals surface area contributed by atoms with E-state index in [0.29, 0.717) is 16.9 Å². The molecule has 0 atom stereocenters. The standard InChI is InChI=1S/C11H10BrN5O2/c12-6-1-2-8(7(5-6)10(13)17-19)15-11(18)9-3-4-14-16-9/h1-5,19H,(H2,13,17)(H,14,16)(H,15,18). The third-order valence-electron chi connectivity index (χ3n) is 2.36. The summed E-state index contributed by atoms with van der Waals surface area (Å²) in [4.78, 5) is 11.9. The number of carbonyl (C=O) groups is 1. The van der Waals surface area contributed by atoms with Crippen LogP contribution in [0.5, 0.6) is 0 Å². The van der Waals surface area contributed by atoms with Crippen molar-refractivity contribution in [2.45, 2.75) is 0 Å². The Morgan fingerprint density at radius 1 is 1.47 bits per heavy atom. The number of amides is 1. The number of aromatic nitrogens is 2. The molecule has 0 aliphatic rings. The summed E-state index contributed by atoms with van der Waals surface area (Å²) in [6, 6.07) is 6.55. The van der Waals surface area contributed by atoms with Crippen LogP contribution in [-0.2, 0) is 0 Å². The Morgan fingerprint density at radius 2 is 2.26 bits per heavy atom. The molecule has 1 aromatic carbocycles. The lowest BCUT2D eigenvalue weighted by Crippen LogP contribution is -2.19. The van der Waals surface area contributed by atoms with Crippen LogP contribution in [0.4, 0.5) is 5.69 Å². The van der Waals surface area contributed by atoms with Crippen LogP contribution in [0.15, 0.2) is 40.1 Å². The predicted octanol–water partition coefficient (Wildman–Crippen LogP) is 1.52. The molecule has 0 radical (unpaired) electrons. The van der Waals surface area contributed by atoms with Crippen LogP contribution >= 0.6 is 15.9 Å². The number of benzene rings is 1. The van der Waals surface area contributed by atoms with E-state index < -0.39 is 0 Å². The number of H-pyrrole nitrogens is 1. The minimum Gasteiger partial charge on any atom is -0.409 e. The SMILES string of the molecule is N/C(=N/O)c1cc(Br)ccc1NC(=O)c1ccn[nH]1. The molecule has 1 heterocycles. The summed E-state index contributed by atoms with van der Waals surface area (Å²) >= 11 is 3.28. The van der Waals surface area contributed by atoms with Crippen LogP contribution in [0.1, 0.15) is 16.1 Å². The number of nitrogens with two attached hydrogens (primary N) is 1. The first-order chi connectivity index (χ1) is 9.11. The summed E-state index contributed by atoms with van der Waals surface area (Å²) in [5.74, 6) is -0.465. The Bertz CT molecular complexity index is 624. The number of oxime groups is 1. The minimum absolute atomic E-state index is 0.0961. The number of amidine groups is 1. The van der Waals surface area contributed by atoms with Gasteiger partial charge in [0.1, 0.15) is 5.69 Å². The summed E-state index contributed by atoms with van der Waals surface area (Å²) in [6.45, 7) is 0. The van der Waals surface area contributed by atoms with Gasteiger partial charge in [0, 0.05) is 16.2 Å². The highest BCUT2D eigenvalue weighted by atomic mass is 79.9. The Labute approximate surface area is 116 Å². The zero-order valence-corrected chi connectivity index (χ0v) is 11.2. The lowest BCUT2D eigenvalue weighted by molar-refractivity contribution is 0.102. The quantitative estimate of drug-likeness (QED) is 0.296. The molecule has 0 bridgehead atoms. The van der Waals surface area contributed by atoms with E-state index in [-0.39, 0.29) is 11.7 Å². The predicted molar refractivity (Wildman–Crippen MR) is 73.2 cm³/mol. The summed E-state index contributed by atoms with van der Waals surface area (Å²) < 4.78 is 0.744. The number of rotatable bonds is 3. The van der Waals surface area contributed by atoms with E-state index in [2.05, 4.69) is 36.6 Å². The van der Waals surface area contributed by atoms with Crippen LogP contribution in [0.2, 0.25) is 0 Å². The molecule has 0 unspecified atom stereocenters. The van der Waals surface area contributed by atoms with Crippen molar-refractivity contribution in [2.24, 2.45) is 10.9 Å². The number of hydrogen-bond acceptors (Lipinski definition) is 4. The average Bonchev–Trinajstić information content (AvgIpc) is 2.94. The van der Waals surface area contributed by atoms with Crippen LogP contribution < -0.4 is 11.1 Å². The third kappa shape index (κ3) is 2.91. The Balaban J connectivity index is 2.32. The van der Waals surface area contributed by atoms with Crippen molar-refractivity contribution in [1.82, 2.24) is 10.2 Å². The first-order valence-electron chi connectivity index (χ1n) is 5.20. The lowest BCUT2D eigenvalue weighted by atomic mass is 10.1. The summed E-state index contributed by atoms with van der Waals surface area (Å²) in [7, 11) is 0. The van der Waals surface area contributed by atoms with Gasteiger partial charge in [-0.25, -0.2) is 0 Å². The van der Waals surface area contributed by atoms with E-state index in [0.717, 1.165) is 4.47 Å². The molecule has 0 spiro atoms. The van der Waals surface area contributed by atoms with Gasteiger partial charge in [0.15, 0.2) is 5.84 Å². The minimum atomic E-state index is -0.369. The second-order valence-electron chi connectivity index (χ2n) is 3.60. The molecule has 0 saturated carbocycles. The average molecular weight is 324 g/mol. The van der Waals surface area contributed by atoms with Crippen molar-refractivity contribution >= 4 is 33.4 Å². The van der Waals surface area contributed by atoms with Crippen molar-refractivity contribution in [3.8, 4) is 0 Å². The van der Waals surface area contributed by atoms with Crippen LogP contribution in [0.25, 0.3) is 0 Å². The Morgan fingerprint density at radius 3 is 2.89 bits per heavy atom. The normalized spacial score (nSPS) is 11.3. The topological polar surface area (TPSA) is 116 Å². The van der Waals surface area contributed by atoms with Gasteiger partial charge in [0.25, 0.3) is 5.91 Å². The van der Waals surface area contributed by atoms with Gasteiger partial charge in [0.05, 0.1) is 5.69 Å². The van der Waals surface area contributed by atoms with E-state index in [1.807, 2.05) is 0 Å². The monoisotopic (exact) mass is 323 g/mol. The number of halogens is 1. The molecule has 1 amide bonds. The molecular formula is C11H10BrN5O2. The number of hydrogen-bond donors (Lipinski definition) is 4. The Hall–Kier alpha value is -2.35. The molecule has 0 saturated heterocycles. The van der Waals surface area contributed by atoms with Gasteiger partial charge < -0.3 is 16.3 Å². The van der Waals surface area contributed by atoms with Crippen molar-refractivity contribution < 1.29 is 10.0 Å². The molecule has 19 heavy (non-hydrogen) atoms. The molecule has 8 heteroatoms. The summed E-state index contributed by atoms with van der Waals surface area (Å²) in [5, 5.41) is 20.6. The molecule has 5 N–H and O–H groups in total. The Kier molecular flexibility index (Phi) is 3.81. The second-order valence-corrected chi connectivity index (χ2v) is 4.52. The maximum Gasteiger partial charge on any atom is 0.273 e. The molecule has 0 aliphatic heterocycles. The molecular weight excluding hydrogens is 314 g/mol. The lowest BCUT2D eigenvalue weighted by Gasteiger charge is -2.09. The molecule has 0 aliphatic carbocycles. The molecule has 2 rings (SSSR count). The number of anilines is 1. The van der Waals surface area contributed by atoms with E-state index in [1.54, 1.807) is 18.2 Å². The van der Waals surface area contributed by atoms with Crippen molar-refractivity contribution in [3.05, 3.63) is 46.2 Å². The molecule has 2 aromatic rings. The van der Waals surface area contributed by atoms with Crippen LogP contribution in [-0.4, -0.2) is 27.1 Å². The molecule has 1 aromatic heterocycles. The summed E-state index contributed by atoms with van der Waals surface area (Å²) in [5.41, 5.74) is 6.72. The van der Waals surface area contributed by atoms with Crippen molar-refractivity contribution in [1.29, 1.82) is 0 Å². The fourth-order valence-electron chi connectivity index (χ4n) is 1.46. The largest absolute Gasteiger partial charge is 0.409 e. The zero-order valence-electron chi connectivity index (χ0n) is 9.59. The van der Waals surface area contributed by atoms with Gasteiger partial charge in [-0.3, -0.25) is 9.89 Å². The van der Waals surface area contributed by atoms with Gasteiger partial charge in [-0.05, 0) is 24.3 Å². The highest BCUT2D eigenvalue weighted by molar-refractivity contribution is 9.10. The van der Waals surface area contributed by atoms with Gasteiger partial charge >= 0.3 is 0 Å². The number of nitrogens with zero attached hydrogens (tertiary/aromatic N) is 2. The maximum absolute atomic E-state index is 11.9. The highest BCUT2D eigenvalue weighted by Gasteiger charge is 2.13. The van der Waals surface area contributed by atoms with Gasteiger partial charge in [0.2, 0.25) is 0 Å². The molecule has 0 fully saturated rings. The second kappa shape index (κ2) is 5.53. The zero-order chi connectivity index (χ0) is 13.8. The van der Waals surface area contributed by atoms with E-state index >= 15 is 0 Å². The number of nitrogens with one attached hydrogen (secondary N) is 2. The molecule has 98 valence electrons. The maximum atomic E-state index is 11.9. The van der Waals surface area contributed by atoms with Crippen LogP contribution in [0.3, 0.4) is 0 Å². The van der Waals surface area contributed by atoms with E-state index in [9.17, 15) is 4.79 Å². The van der Waals surface area contributed by atoms with Gasteiger partial charge in [-0.2, -0.15) is 5.10 Å². The third-order valence-corrected chi connectivity index (χ3v) is 2.85. The van der Waals surface area contributed by atoms with Gasteiger partial charge in [-0.15, -0.1) is 0 Å². The number of carbonyl (C=O) groups excluding carboxylic acids is 1. The van der Waals surface area contributed by atoms with E-state index in [1.165, 1.54) is 12.3 Å². The smallest absolute Gasteiger partial charge is 0.273 e. The molecule has 7 nitrogen and oxygen atoms in total. The fraction of sp³-hybridized carbons (Fsp3) is 0. The fourth-order valence-corrected chi connectivity index (χ4v) is 1.82. The highest BCUT2D eigenvalue weighted by Crippen LogP contribution is 2.21. The summed E-state index contributed by atoms with van der Waals surface area (Å²) in [6.07, 6.45) is 1.47. The first kappa shape index (κ1) is 13.1. The number of aromatic amines is 1. The van der Waals surface area contributed by atoms with Crippen LogP contribution in [0, 0.1) is 0 Å². The van der Waals surface area contributed by atoms with E-state index in [4.69, 9.17) is 10.9 Å². The van der Waals surface area contributed by atoms with Crippen molar-refractivity contribution in [2.75, 3.05) is 5.32 Å². The van der Waals surface area contributed by atoms with Crippen molar-refractivity contribution in [3.63, 3.8) is 0 Å². The first-order valence-corrected chi connectivity index (χ1v) is 5.99. The van der Waals surface area contributed by atoms with Gasteiger partial charge in [-0.1, -0.05) is 21.1 Å².